The molecule has 0 aliphatic rings. The number of nitrogens with one attached hydrogen (secondary N) is 1. The summed E-state index contributed by atoms with van der Waals surface area (Å²) in [6, 6.07) is 8.22. The zero-order chi connectivity index (χ0) is 11.5. The van der Waals surface area contributed by atoms with Gasteiger partial charge in [-0.2, -0.15) is 5.26 Å². The van der Waals surface area contributed by atoms with Crippen LogP contribution < -0.4 is 5.56 Å². The van der Waals surface area contributed by atoms with Crippen LogP contribution in [0.2, 0.25) is 0 Å². The highest BCUT2D eigenvalue weighted by Gasteiger charge is 2.07. The minimum Gasteiger partial charge on any atom is -0.507 e. The average Bonchev–Trinajstić information content (AvgIpc) is 2.29. The first-order chi connectivity index (χ1) is 7.72. The molecular formula is C11H7N3O2. The van der Waals surface area contributed by atoms with Crippen LogP contribution in [0.4, 0.5) is 0 Å². The van der Waals surface area contributed by atoms with Crippen LogP contribution >= 0.6 is 0 Å². The summed E-state index contributed by atoms with van der Waals surface area (Å²) >= 11 is 0. The number of benzene rings is 1. The molecular weight excluding hydrogens is 206 g/mol. The Balaban J connectivity index is 2.60. The standard InChI is InChI=1S/C11H7N3O2/c12-5-7-6-13-10(14-11(7)16)8-3-1-2-4-9(8)15/h1-4,6,15H,(H,13,14,16). The normalized spacial score (nSPS) is 9.69. The first-order valence-corrected chi connectivity index (χ1v) is 4.50. The van der Waals surface area contributed by atoms with Crippen LogP contribution in [0.25, 0.3) is 11.4 Å². The van der Waals surface area contributed by atoms with Crippen LogP contribution in [0.15, 0.2) is 35.3 Å². The smallest absolute Gasteiger partial charge is 0.269 e. The van der Waals surface area contributed by atoms with Crippen molar-refractivity contribution in [1.29, 1.82) is 5.26 Å². The largest absolute Gasteiger partial charge is 0.507 e. The molecule has 1 heterocycles. The monoisotopic (exact) mass is 213 g/mol. The van der Waals surface area contributed by atoms with Gasteiger partial charge < -0.3 is 10.1 Å². The Morgan fingerprint density at radius 3 is 2.75 bits per heavy atom. The Kier molecular flexibility index (Phi) is 2.40. The number of hydrogen-bond acceptors (Lipinski definition) is 4. The van der Waals surface area contributed by atoms with Crippen molar-refractivity contribution in [2.75, 3.05) is 0 Å². The van der Waals surface area contributed by atoms with Gasteiger partial charge in [0.05, 0.1) is 11.8 Å². The molecule has 5 heteroatoms. The predicted molar refractivity (Wildman–Crippen MR) is 56.7 cm³/mol. The Labute approximate surface area is 90.6 Å². The molecule has 0 unspecified atom stereocenters. The molecule has 2 rings (SSSR count). The highest BCUT2D eigenvalue weighted by molar-refractivity contribution is 5.63. The lowest BCUT2D eigenvalue weighted by atomic mass is 10.2. The van der Waals surface area contributed by atoms with E-state index in [1.54, 1.807) is 24.3 Å². The number of hydrogen-bond donors (Lipinski definition) is 2. The fourth-order valence-corrected chi connectivity index (χ4v) is 1.29. The number of aromatic nitrogens is 2. The lowest BCUT2D eigenvalue weighted by molar-refractivity contribution is 0.477. The molecule has 78 valence electrons. The van der Waals surface area contributed by atoms with Gasteiger partial charge >= 0.3 is 0 Å². The first kappa shape index (κ1) is 9.93. The van der Waals surface area contributed by atoms with Crippen LogP contribution in [0.5, 0.6) is 5.75 Å². The van der Waals surface area contributed by atoms with Gasteiger partial charge in [-0.25, -0.2) is 4.98 Å². The van der Waals surface area contributed by atoms with Crippen molar-refractivity contribution in [3.63, 3.8) is 0 Å². The molecule has 1 aromatic carbocycles. The van der Waals surface area contributed by atoms with E-state index in [9.17, 15) is 9.90 Å². The molecule has 0 spiro atoms. The quantitative estimate of drug-likeness (QED) is 0.739. The number of H-pyrrole nitrogens is 1. The molecule has 0 aliphatic carbocycles. The van der Waals surface area contributed by atoms with Crippen molar-refractivity contribution >= 4 is 0 Å². The fourth-order valence-electron chi connectivity index (χ4n) is 1.29. The lowest BCUT2D eigenvalue weighted by Crippen LogP contribution is -2.12. The molecule has 0 aliphatic heterocycles. The van der Waals surface area contributed by atoms with E-state index >= 15 is 0 Å². The maximum atomic E-state index is 11.4. The molecule has 1 aromatic heterocycles. The van der Waals surface area contributed by atoms with Gasteiger partial charge in [0.25, 0.3) is 5.56 Å². The molecule has 2 N–H and O–H groups in total. The van der Waals surface area contributed by atoms with Crippen LogP contribution in [-0.4, -0.2) is 15.1 Å². The van der Waals surface area contributed by atoms with E-state index in [0.29, 0.717) is 5.56 Å². The van der Waals surface area contributed by atoms with E-state index in [0.717, 1.165) is 0 Å². The van der Waals surface area contributed by atoms with E-state index in [1.807, 2.05) is 0 Å². The number of phenols is 1. The second kappa shape index (κ2) is 3.87. The minimum absolute atomic E-state index is 0.0235. The Bertz CT molecular complexity index is 626. The molecule has 5 nitrogen and oxygen atoms in total. The maximum absolute atomic E-state index is 11.4. The highest BCUT2D eigenvalue weighted by atomic mass is 16.3. The summed E-state index contributed by atoms with van der Waals surface area (Å²) in [5.41, 5.74) is -0.154. The summed E-state index contributed by atoms with van der Waals surface area (Å²) in [5, 5.41) is 18.1. The van der Waals surface area contributed by atoms with Gasteiger partial charge in [-0.15, -0.1) is 0 Å². The number of phenolic OH excluding ortho intramolecular Hbond substituents is 1. The van der Waals surface area contributed by atoms with Crippen molar-refractivity contribution < 1.29 is 5.11 Å². The van der Waals surface area contributed by atoms with E-state index < -0.39 is 5.56 Å². The number of nitriles is 1. The molecule has 0 bridgehead atoms. The molecule has 0 saturated heterocycles. The van der Waals surface area contributed by atoms with Crippen molar-refractivity contribution in [3.8, 4) is 23.2 Å². The highest BCUT2D eigenvalue weighted by Crippen LogP contribution is 2.24. The lowest BCUT2D eigenvalue weighted by Gasteiger charge is -2.02. The summed E-state index contributed by atoms with van der Waals surface area (Å²) in [4.78, 5) is 17.7. The van der Waals surface area contributed by atoms with Crippen molar-refractivity contribution in [3.05, 3.63) is 46.4 Å². The molecule has 0 fully saturated rings. The maximum Gasteiger partial charge on any atom is 0.269 e. The van der Waals surface area contributed by atoms with Crippen LogP contribution in [0.3, 0.4) is 0 Å². The van der Waals surface area contributed by atoms with Gasteiger partial charge in [0.15, 0.2) is 0 Å². The van der Waals surface area contributed by atoms with E-state index in [-0.39, 0.29) is 17.1 Å². The molecule has 16 heavy (non-hydrogen) atoms. The van der Waals surface area contributed by atoms with E-state index in [4.69, 9.17) is 5.26 Å². The third kappa shape index (κ3) is 1.64. The van der Waals surface area contributed by atoms with Gasteiger partial charge in [-0.1, -0.05) is 12.1 Å². The Morgan fingerprint density at radius 1 is 1.38 bits per heavy atom. The third-order valence-electron chi connectivity index (χ3n) is 2.08. The zero-order valence-electron chi connectivity index (χ0n) is 8.14. The van der Waals surface area contributed by atoms with Crippen LogP contribution in [-0.2, 0) is 0 Å². The van der Waals surface area contributed by atoms with Gasteiger partial charge in [0, 0.05) is 0 Å². The SMILES string of the molecule is N#Cc1cnc(-c2ccccc2O)[nH]c1=O. The fraction of sp³-hybridized carbons (Fsp3) is 0. The van der Waals surface area contributed by atoms with Crippen LogP contribution in [0.1, 0.15) is 5.56 Å². The molecule has 2 aromatic rings. The summed E-state index contributed by atoms with van der Waals surface area (Å²) in [5.74, 6) is 0.262. The van der Waals surface area contributed by atoms with E-state index in [1.165, 1.54) is 12.3 Å². The van der Waals surface area contributed by atoms with Crippen LogP contribution in [0, 0.1) is 11.3 Å². The van der Waals surface area contributed by atoms with Gasteiger partial charge in [0.1, 0.15) is 23.2 Å². The predicted octanol–water partition coefficient (Wildman–Crippen LogP) is 1.01. The molecule has 0 amide bonds. The Hall–Kier alpha value is -2.61. The summed E-state index contributed by atoms with van der Waals surface area (Å²) < 4.78 is 0. The van der Waals surface area contributed by atoms with Crippen molar-refractivity contribution in [2.45, 2.75) is 0 Å². The Morgan fingerprint density at radius 2 is 2.12 bits per heavy atom. The molecule has 0 radical (unpaired) electrons. The second-order valence-electron chi connectivity index (χ2n) is 3.10. The number of para-hydroxylation sites is 1. The van der Waals surface area contributed by atoms with E-state index in [2.05, 4.69) is 9.97 Å². The van der Waals surface area contributed by atoms with Gasteiger partial charge in [-0.3, -0.25) is 4.79 Å². The second-order valence-corrected chi connectivity index (χ2v) is 3.10. The van der Waals surface area contributed by atoms with Gasteiger partial charge in [-0.05, 0) is 12.1 Å². The first-order valence-electron chi connectivity index (χ1n) is 4.50. The number of aromatic amines is 1. The topological polar surface area (TPSA) is 89.8 Å². The average molecular weight is 213 g/mol. The summed E-state index contributed by atoms with van der Waals surface area (Å²) in [7, 11) is 0. The number of rotatable bonds is 1. The van der Waals surface area contributed by atoms with Gasteiger partial charge in [0.2, 0.25) is 0 Å². The van der Waals surface area contributed by atoms with Crippen molar-refractivity contribution in [2.24, 2.45) is 0 Å². The number of nitrogens with zero attached hydrogens (tertiary/aromatic N) is 2. The minimum atomic E-state index is -0.518. The molecule has 0 saturated carbocycles. The molecule has 0 atom stereocenters. The summed E-state index contributed by atoms with van der Waals surface area (Å²) in [6.07, 6.45) is 1.18. The zero-order valence-corrected chi connectivity index (χ0v) is 8.14. The third-order valence-corrected chi connectivity index (χ3v) is 2.08. The summed E-state index contributed by atoms with van der Waals surface area (Å²) in [6.45, 7) is 0. The van der Waals surface area contributed by atoms with Crippen molar-refractivity contribution in [1.82, 2.24) is 9.97 Å². The number of aromatic hydroxyl groups is 1.